The van der Waals surface area contributed by atoms with Gasteiger partial charge >= 0.3 is 0 Å². The quantitative estimate of drug-likeness (QED) is 0.892. The van der Waals surface area contributed by atoms with Crippen molar-refractivity contribution in [1.82, 2.24) is 10.2 Å². The largest absolute Gasteiger partial charge is 0.317 e. The normalized spacial score (nSPS) is 20.3. The van der Waals surface area contributed by atoms with Crippen LogP contribution in [0.3, 0.4) is 0 Å². The second-order valence-corrected chi connectivity index (χ2v) is 5.84. The highest BCUT2D eigenvalue weighted by molar-refractivity contribution is 5.85. The van der Waals surface area contributed by atoms with Gasteiger partial charge in [-0.1, -0.05) is 30.3 Å². The summed E-state index contributed by atoms with van der Waals surface area (Å²) in [7, 11) is 0. The Balaban J connectivity index is 0.00000133. The van der Waals surface area contributed by atoms with E-state index in [1.807, 2.05) is 0 Å². The van der Waals surface area contributed by atoms with Crippen LogP contribution in [0.4, 0.5) is 0 Å². The molecule has 106 valence electrons. The number of hydrogen-bond acceptors (Lipinski definition) is 2. The molecule has 0 unspecified atom stereocenters. The molecule has 1 saturated carbocycles. The van der Waals surface area contributed by atoms with Crippen LogP contribution in [-0.4, -0.2) is 30.6 Å². The van der Waals surface area contributed by atoms with Gasteiger partial charge in [-0.2, -0.15) is 0 Å². The van der Waals surface area contributed by atoms with Crippen LogP contribution in [0.5, 0.6) is 0 Å². The Morgan fingerprint density at radius 1 is 1.00 bits per heavy atom. The first-order chi connectivity index (χ1) is 8.92. The van der Waals surface area contributed by atoms with Gasteiger partial charge in [-0.3, -0.25) is 4.90 Å². The van der Waals surface area contributed by atoms with E-state index in [4.69, 9.17) is 0 Å². The van der Waals surface area contributed by atoms with Crippen molar-refractivity contribution in [1.29, 1.82) is 0 Å². The molecule has 2 aliphatic rings. The molecule has 0 radical (unpaired) electrons. The van der Waals surface area contributed by atoms with Crippen LogP contribution < -0.4 is 5.32 Å². The molecule has 1 aromatic carbocycles. The van der Waals surface area contributed by atoms with Crippen LogP contribution in [0, 0.1) is 5.92 Å². The lowest BCUT2D eigenvalue weighted by Crippen LogP contribution is -2.37. The maximum atomic E-state index is 3.46. The van der Waals surface area contributed by atoms with Gasteiger partial charge < -0.3 is 5.32 Å². The molecular formula is C16H25ClN2. The third-order valence-corrected chi connectivity index (χ3v) is 4.24. The van der Waals surface area contributed by atoms with Crippen LogP contribution >= 0.6 is 12.4 Å². The van der Waals surface area contributed by atoms with E-state index in [0.29, 0.717) is 0 Å². The third-order valence-electron chi connectivity index (χ3n) is 4.24. The Bertz CT molecular complexity index is 358. The fourth-order valence-electron chi connectivity index (χ4n) is 3.00. The van der Waals surface area contributed by atoms with Crippen molar-refractivity contribution in [3.05, 3.63) is 35.9 Å². The van der Waals surface area contributed by atoms with Crippen molar-refractivity contribution in [2.24, 2.45) is 5.92 Å². The third kappa shape index (κ3) is 4.48. The van der Waals surface area contributed by atoms with Crippen molar-refractivity contribution in [3.8, 4) is 0 Å². The molecule has 2 nitrogen and oxygen atoms in total. The molecule has 1 N–H and O–H groups in total. The molecule has 0 bridgehead atoms. The molecule has 3 rings (SSSR count). The zero-order chi connectivity index (χ0) is 12.2. The van der Waals surface area contributed by atoms with Gasteiger partial charge in [0, 0.05) is 19.1 Å². The van der Waals surface area contributed by atoms with Gasteiger partial charge in [-0.05, 0) is 50.3 Å². The van der Waals surface area contributed by atoms with Crippen LogP contribution in [0.25, 0.3) is 0 Å². The average Bonchev–Trinajstić information content (AvgIpc) is 3.25. The first-order valence-electron chi connectivity index (χ1n) is 7.40. The molecule has 19 heavy (non-hydrogen) atoms. The monoisotopic (exact) mass is 280 g/mol. The molecule has 0 amide bonds. The predicted octanol–water partition coefficient (Wildman–Crippen LogP) is 3.07. The van der Waals surface area contributed by atoms with Crippen LogP contribution in [-0.2, 0) is 6.54 Å². The van der Waals surface area contributed by atoms with E-state index in [1.54, 1.807) is 0 Å². The number of hydrogen-bond donors (Lipinski definition) is 1. The van der Waals surface area contributed by atoms with E-state index in [0.717, 1.165) is 18.5 Å². The minimum absolute atomic E-state index is 0. The Labute approximate surface area is 123 Å². The molecule has 1 heterocycles. The standard InChI is InChI=1S/C16H24N2.ClH/c1-2-4-14(5-3-1)12-18(16-6-7-16)13-15-8-10-17-11-9-15;/h1-5,15-17H,6-13H2;1H. The van der Waals surface area contributed by atoms with Gasteiger partial charge in [0.05, 0.1) is 0 Å². The number of benzene rings is 1. The smallest absolute Gasteiger partial charge is 0.0236 e. The molecule has 0 atom stereocenters. The molecular weight excluding hydrogens is 256 g/mol. The second-order valence-electron chi connectivity index (χ2n) is 5.84. The number of nitrogens with zero attached hydrogens (tertiary/aromatic N) is 1. The number of halogens is 1. The van der Waals surface area contributed by atoms with E-state index in [2.05, 4.69) is 40.5 Å². The minimum atomic E-state index is 0. The van der Waals surface area contributed by atoms with Gasteiger partial charge in [-0.25, -0.2) is 0 Å². The molecule has 3 heteroatoms. The predicted molar refractivity (Wildman–Crippen MR) is 82.7 cm³/mol. The molecule has 1 saturated heterocycles. The summed E-state index contributed by atoms with van der Waals surface area (Å²) in [6.45, 7) is 4.89. The summed E-state index contributed by atoms with van der Waals surface area (Å²) in [4.78, 5) is 2.73. The summed E-state index contributed by atoms with van der Waals surface area (Å²) in [6, 6.07) is 11.8. The topological polar surface area (TPSA) is 15.3 Å². The van der Waals surface area contributed by atoms with E-state index < -0.39 is 0 Å². The lowest BCUT2D eigenvalue weighted by Gasteiger charge is -2.30. The Kier molecular flexibility index (Phi) is 5.68. The lowest BCUT2D eigenvalue weighted by atomic mass is 9.97. The Morgan fingerprint density at radius 3 is 2.32 bits per heavy atom. The average molecular weight is 281 g/mol. The first-order valence-corrected chi connectivity index (χ1v) is 7.40. The number of piperidine rings is 1. The number of rotatable bonds is 5. The van der Waals surface area contributed by atoms with Crippen molar-refractivity contribution in [2.45, 2.75) is 38.3 Å². The van der Waals surface area contributed by atoms with Gasteiger partial charge in [0.25, 0.3) is 0 Å². The zero-order valence-corrected chi connectivity index (χ0v) is 12.4. The van der Waals surface area contributed by atoms with Gasteiger partial charge in [0.2, 0.25) is 0 Å². The van der Waals surface area contributed by atoms with Gasteiger partial charge in [0.1, 0.15) is 0 Å². The molecule has 0 spiro atoms. The highest BCUT2D eigenvalue weighted by Crippen LogP contribution is 2.30. The Morgan fingerprint density at radius 2 is 1.68 bits per heavy atom. The summed E-state index contributed by atoms with van der Waals surface area (Å²) in [6.07, 6.45) is 5.55. The summed E-state index contributed by atoms with van der Waals surface area (Å²) in [5.74, 6) is 0.913. The summed E-state index contributed by atoms with van der Waals surface area (Å²) < 4.78 is 0. The fraction of sp³-hybridized carbons (Fsp3) is 0.625. The molecule has 1 aliphatic heterocycles. The van der Waals surface area contributed by atoms with Crippen LogP contribution in [0.1, 0.15) is 31.2 Å². The first kappa shape index (κ1) is 14.8. The maximum Gasteiger partial charge on any atom is 0.0236 e. The highest BCUT2D eigenvalue weighted by Gasteiger charge is 2.30. The fourth-order valence-corrected chi connectivity index (χ4v) is 3.00. The number of nitrogens with one attached hydrogen (secondary N) is 1. The van der Waals surface area contributed by atoms with E-state index >= 15 is 0 Å². The maximum absolute atomic E-state index is 3.46. The molecule has 1 aliphatic carbocycles. The SMILES string of the molecule is Cl.c1ccc(CN(CC2CCNCC2)C2CC2)cc1. The zero-order valence-electron chi connectivity index (χ0n) is 11.6. The second kappa shape index (κ2) is 7.28. The van der Waals surface area contributed by atoms with E-state index in [1.165, 1.54) is 50.9 Å². The van der Waals surface area contributed by atoms with Gasteiger partial charge in [0.15, 0.2) is 0 Å². The van der Waals surface area contributed by atoms with Crippen molar-refractivity contribution < 1.29 is 0 Å². The Hall–Kier alpha value is -0.570. The molecule has 2 fully saturated rings. The molecule has 1 aromatic rings. The lowest BCUT2D eigenvalue weighted by molar-refractivity contribution is 0.190. The highest BCUT2D eigenvalue weighted by atomic mass is 35.5. The van der Waals surface area contributed by atoms with E-state index in [9.17, 15) is 0 Å². The van der Waals surface area contributed by atoms with Crippen molar-refractivity contribution in [2.75, 3.05) is 19.6 Å². The van der Waals surface area contributed by atoms with E-state index in [-0.39, 0.29) is 12.4 Å². The molecule has 0 aromatic heterocycles. The van der Waals surface area contributed by atoms with Crippen LogP contribution in [0.2, 0.25) is 0 Å². The van der Waals surface area contributed by atoms with Crippen molar-refractivity contribution >= 4 is 12.4 Å². The van der Waals surface area contributed by atoms with Crippen molar-refractivity contribution in [3.63, 3.8) is 0 Å². The minimum Gasteiger partial charge on any atom is -0.317 e. The summed E-state index contributed by atoms with van der Waals surface area (Å²) in [5.41, 5.74) is 1.47. The summed E-state index contributed by atoms with van der Waals surface area (Å²) in [5, 5.41) is 3.46. The summed E-state index contributed by atoms with van der Waals surface area (Å²) >= 11 is 0. The van der Waals surface area contributed by atoms with Gasteiger partial charge in [-0.15, -0.1) is 12.4 Å². The van der Waals surface area contributed by atoms with Crippen LogP contribution in [0.15, 0.2) is 30.3 Å².